The molecule has 1 saturated heterocycles. The normalized spacial score (nSPS) is 16.9. The maximum absolute atomic E-state index is 13.9. The smallest absolute Gasteiger partial charge is 0.407 e. The lowest BCUT2D eigenvalue weighted by atomic mass is 10.1. The molecule has 0 radical (unpaired) electrons. The van der Waals surface area contributed by atoms with Crippen LogP contribution in [0.4, 0.5) is 9.59 Å². The summed E-state index contributed by atoms with van der Waals surface area (Å²) in [5.41, 5.74) is 5.11. The van der Waals surface area contributed by atoms with Gasteiger partial charge >= 0.3 is 12.2 Å². The zero-order chi connectivity index (χ0) is 42.7. The van der Waals surface area contributed by atoms with Crippen molar-refractivity contribution in [3.05, 3.63) is 144 Å². The summed E-state index contributed by atoms with van der Waals surface area (Å²) in [6, 6.07) is 28.5. The highest BCUT2D eigenvalue weighted by molar-refractivity contribution is 7.31. The summed E-state index contributed by atoms with van der Waals surface area (Å²) in [6.45, 7) is 0.931. The van der Waals surface area contributed by atoms with Crippen LogP contribution in [-0.2, 0) is 19.1 Å². The van der Waals surface area contributed by atoms with E-state index in [0.717, 1.165) is 54.5 Å². The molecule has 6 heterocycles. The third kappa shape index (κ3) is 8.09. The van der Waals surface area contributed by atoms with E-state index in [1.54, 1.807) is 57.0 Å². The van der Waals surface area contributed by atoms with Crippen molar-refractivity contribution in [2.75, 3.05) is 27.3 Å². The van der Waals surface area contributed by atoms with Gasteiger partial charge in [-0.15, -0.1) is 22.7 Å². The number of ether oxygens (including phenoxy) is 2. The highest BCUT2D eigenvalue weighted by Gasteiger charge is 2.38. The second-order valence-corrected chi connectivity index (χ2v) is 17.1. The summed E-state index contributed by atoms with van der Waals surface area (Å²) in [7, 11) is 2.55. The maximum Gasteiger partial charge on any atom is 0.407 e. The molecule has 4 atom stereocenters. The summed E-state index contributed by atoms with van der Waals surface area (Å²) in [5.74, 6) is 0.853. The molecule has 1 fully saturated rings. The number of benzene rings is 3. The van der Waals surface area contributed by atoms with Crippen LogP contribution in [0.1, 0.15) is 59.8 Å². The molecule has 0 aliphatic carbocycles. The van der Waals surface area contributed by atoms with Crippen LogP contribution in [0.2, 0.25) is 0 Å². The number of rotatable bonds is 11. The standard InChI is InChI=1S/C46H42N8O6S2/c1-59-45(57)51-39(29-11-5-3-6-12-29)43(55)53-21-9-15-33(53)41-47-25-31(49-41)27-17-19-28(20-18-27)35-23-37-38(61-35)24-36(62-37)32-26-48-42(50-32)34-16-10-22-54(34)44(56)40(52-46(58)60-2)30-13-7-4-8-14-30/h3-8,10-14,16-20,23-26,33-34,39-40H,9,15,21-22H2,1-2H3,(H,47,49)(H,48,50)(H,51,57)(H,52,58)/t33-,34-,39+,40+/m0/s1. The average molecular weight is 867 g/mol. The Bertz CT molecular complexity index is 2730. The van der Waals surface area contributed by atoms with Gasteiger partial charge in [-0.3, -0.25) is 9.59 Å². The van der Waals surface area contributed by atoms with Crippen LogP contribution < -0.4 is 10.6 Å². The first kappa shape index (κ1) is 40.4. The number of hydrogen-bond donors (Lipinski definition) is 4. The van der Waals surface area contributed by atoms with Crippen molar-refractivity contribution in [2.24, 2.45) is 0 Å². The predicted molar refractivity (Wildman–Crippen MR) is 237 cm³/mol. The fourth-order valence-corrected chi connectivity index (χ4v) is 10.4. The first-order valence-electron chi connectivity index (χ1n) is 20.1. The van der Waals surface area contributed by atoms with E-state index in [9.17, 15) is 19.2 Å². The van der Waals surface area contributed by atoms with E-state index in [4.69, 9.17) is 19.4 Å². The van der Waals surface area contributed by atoms with Gasteiger partial charge in [-0.25, -0.2) is 19.6 Å². The lowest BCUT2D eigenvalue weighted by Crippen LogP contribution is -2.43. The molecule has 2 aliphatic rings. The first-order valence-corrected chi connectivity index (χ1v) is 21.7. The molecule has 4 aromatic heterocycles. The zero-order valence-electron chi connectivity index (χ0n) is 33.7. The number of H-pyrrole nitrogens is 2. The van der Waals surface area contributed by atoms with Gasteiger partial charge in [0.2, 0.25) is 0 Å². The van der Waals surface area contributed by atoms with E-state index in [1.807, 2.05) is 60.7 Å². The van der Waals surface area contributed by atoms with Gasteiger partial charge in [0.25, 0.3) is 11.8 Å². The molecular formula is C46H42N8O6S2. The molecule has 14 nitrogen and oxygen atoms in total. The van der Waals surface area contributed by atoms with Gasteiger partial charge in [0, 0.05) is 27.4 Å². The number of likely N-dealkylation sites (tertiary alicyclic amines) is 1. The predicted octanol–water partition coefficient (Wildman–Crippen LogP) is 8.71. The Morgan fingerprint density at radius 1 is 0.694 bits per heavy atom. The molecule has 0 unspecified atom stereocenters. The van der Waals surface area contributed by atoms with E-state index in [0.29, 0.717) is 35.9 Å². The molecule has 0 spiro atoms. The van der Waals surface area contributed by atoms with Gasteiger partial charge in [0.1, 0.15) is 29.8 Å². The van der Waals surface area contributed by atoms with E-state index >= 15 is 0 Å². The monoisotopic (exact) mass is 866 g/mol. The van der Waals surface area contributed by atoms with Crippen molar-refractivity contribution in [2.45, 2.75) is 37.0 Å². The maximum atomic E-state index is 13.9. The highest BCUT2D eigenvalue weighted by Crippen LogP contribution is 2.42. The molecule has 16 heteroatoms. The zero-order valence-corrected chi connectivity index (χ0v) is 35.4. The second kappa shape index (κ2) is 17.5. The Hall–Kier alpha value is -7.04. The van der Waals surface area contributed by atoms with Crippen LogP contribution >= 0.6 is 22.7 Å². The van der Waals surface area contributed by atoms with Crippen molar-refractivity contribution in [3.8, 4) is 32.3 Å². The molecule has 0 saturated carbocycles. The third-order valence-corrected chi connectivity index (χ3v) is 13.5. The molecule has 314 valence electrons. The summed E-state index contributed by atoms with van der Waals surface area (Å²) in [4.78, 5) is 74.3. The fraction of sp³-hybridized carbons (Fsp3) is 0.217. The molecule has 2 aliphatic heterocycles. The number of nitrogens with zero attached hydrogens (tertiary/aromatic N) is 4. The van der Waals surface area contributed by atoms with E-state index in [1.165, 1.54) is 14.2 Å². The Labute approximate surface area is 364 Å². The number of methoxy groups -OCH3 is 2. The minimum absolute atomic E-state index is 0.213. The van der Waals surface area contributed by atoms with Gasteiger partial charge in [-0.1, -0.05) is 97.1 Å². The van der Waals surface area contributed by atoms with Gasteiger partial charge in [-0.05, 0) is 47.2 Å². The number of nitrogens with one attached hydrogen (secondary N) is 4. The van der Waals surface area contributed by atoms with Crippen LogP contribution in [0.15, 0.2) is 122 Å². The number of thiophene rings is 2. The number of carbonyl (C=O) groups is 4. The van der Waals surface area contributed by atoms with Gasteiger partial charge in [-0.2, -0.15) is 0 Å². The van der Waals surface area contributed by atoms with Crippen molar-refractivity contribution >= 4 is 56.1 Å². The Kier molecular flexibility index (Phi) is 11.4. The SMILES string of the molecule is COC(=O)N[C@@H](C(=O)N1CC=C[C@H]1c1ncc(-c2cc3sc(-c4ccc(-c5cnc([C@@H]6CCCN6C(=O)[C@H](NC(=O)OC)c6ccccc6)[nH]5)cc4)cc3s2)[nH]1)c1ccccc1. The summed E-state index contributed by atoms with van der Waals surface area (Å²) in [6.07, 6.45) is 7.68. The lowest BCUT2D eigenvalue weighted by Gasteiger charge is -2.28. The molecule has 4 amide bonds. The number of aromatic nitrogens is 4. The van der Waals surface area contributed by atoms with Crippen LogP contribution in [0.25, 0.3) is 41.7 Å². The molecule has 0 bridgehead atoms. The quantitative estimate of drug-likeness (QED) is 0.0935. The Morgan fingerprint density at radius 3 is 1.89 bits per heavy atom. The first-order chi connectivity index (χ1) is 30.3. The van der Waals surface area contributed by atoms with E-state index in [-0.39, 0.29) is 17.9 Å². The summed E-state index contributed by atoms with van der Waals surface area (Å²) >= 11 is 3.39. The number of aromatic amines is 2. The van der Waals surface area contributed by atoms with E-state index < -0.39 is 30.3 Å². The molecule has 3 aromatic carbocycles. The molecule has 9 rings (SSSR count). The largest absolute Gasteiger partial charge is 0.453 e. The van der Waals surface area contributed by atoms with Crippen LogP contribution in [0.5, 0.6) is 0 Å². The second-order valence-electron chi connectivity index (χ2n) is 14.9. The number of alkyl carbamates (subject to hydrolysis) is 2. The summed E-state index contributed by atoms with van der Waals surface area (Å²) in [5, 5.41) is 5.41. The number of imidazole rings is 2. The Morgan fingerprint density at radius 2 is 1.24 bits per heavy atom. The minimum atomic E-state index is -0.918. The third-order valence-electron chi connectivity index (χ3n) is 11.2. The molecular weight excluding hydrogens is 825 g/mol. The number of carbonyl (C=O) groups excluding carboxylic acids is 4. The molecule has 62 heavy (non-hydrogen) atoms. The molecule has 4 N–H and O–H groups in total. The van der Waals surface area contributed by atoms with Gasteiger partial charge in [0.05, 0.1) is 48.9 Å². The van der Waals surface area contributed by atoms with Crippen molar-refractivity contribution in [1.29, 1.82) is 0 Å². The van der Waals surface area contributed by atoms with Crippen LogP contribution in [0, 0.1) is 0 Å². The summed E-state index contributed by atoms with van der Waals surface area (Å²) < 4.78 is 12.0. The van der Waals surface area contributed by atoms with Crippen molar-refractivity contribution in [3.63, 3.8) is 0 Å². The van der Waals surface area contributed by atoms with Crippen LogP contribution in [0.3, 0.4) is 0 Å². The highest BCUT2D eigenvalue weighted by atomic mass is 32.1. The van der Waals surface area contributed by atoms with Gasteiger partial charge < -0.3 is 39.9 Å². The number of hydrogen-bond acceptors (Lipinski definition) is 10. The average Bonchev–Trinajstić information content (AvgIpc) is 4.17. The number of amides is 4. The number of fused-ring (bicyclic) bond motifs is 1. The van der Waals surface area contributed by atoms with Crippen molar-refractivity contribution in [1.82, 2.24) is 40.4 Å². The van der Waals surface area contributed by atoms with Crippen molar-refractivity contribution < 1.29 is 28.7 Å². The fourth-order valence-electron chi connectivity index (χ4n) is 8.04. The lowest BCUT2D eigenvalue weighted by molar-refractivity contribution is -0.135. The van der Waals surface area contributed by atoms with Crippen LogP contribution in [-0.4, -0.2) is 81.0 Å². The minimum Gasteiger partial charge on any atom is -0.453 e. The topological polar surface area (TPSA) is 175 Å². The molecule has 7 aromatic rings. The van der Waals surface area contributed by atoms with Gasteiger partial charge in [0.15, 0.2) is 0 Å². The van der Waals surface area contributed by atoms with E-state index in [2.05, 4.69) is 57.0 Å². The Balaban J connectivity index is 0.870.